The van der Waals surface area contributed by atoms with Gasteiger partial charge in [0.05, 0.1) is 0 Å². The van der Waals surface area contributed by atoms with Crippen LogP contribution in [0, 0.1) is 13.8 Å². The van der Waals surface area contributed by atoms with Gasteiger partial charge in [-0.3, -0.25) is 14.4 Å². The summed E-state index contributed by atoms with van der Waals surface area (Å²) in [5.74, 6) is -0.417. The number of nitrogens with one attached hydrogen (secondary N) is 2. The molecule has 5 nitrogen and oxygen atoms in total. The molecule has 0 aliphatic carbocycles. The van der Waals surface area contributed by atoms with Crippen molar-refractivity contribution in [2.75, 3.05) is 5.32 Å². The highest BCUT2D eigenvalue weighted by atomic mass is 16.2. The van der Waals surface area contributed by atoms with Crippen molar-refractivity contribution in [2.45, 2.75) is 27.7 Å². The Labute approximate surface area is 128 Å². The molecule has 0 aliphatic rings. The minimum Gasteiger partial charge on any atom is -0.354 e. The van der Waals surface area contributed by atoms with E-state index in [9.17, 15) is 14.4 Å². The van der Waals surface area contributed by atoms with Crippen LogP contribution in [0.1, 0.15) is 56.3 Å². The molecule has 1 amide bonds. The maximum Gasteiger partial charge on any atom is 0.272 e. The predicted molar refractivity (Wildman–Crippen MR) is 84.7 cm³/mol. The first-order valence-corrected chi connectivity index (χ1v) is 6.93. The summed E-state index contributed by atoms with van der Waals surface area (Å²) in [6.07, 6.45) is 0. The molecule has 0 unspecified atom stereocenters. The van der Waals surface area contributed by atoms with Gasteiger partial charge in [0.15, 0.2) is 11.6 Å². The minimum absolute atomic E-state index is 0.0280. The summed E-state index contributed by atoms with van der Waals surface area (Å²) in [4.78, 5) is 38.1. The molecular weight excluding hydrogens is 280 g/mol. The fourth-order valence-electron chi connectivity index (χ4n) is 2.49. The van der Waals surface area contributed by atoms with Gasteiger partial charge in [-0.15, -0.1) is 0 Å². The Morgan fingerprint density at radius 3 is 2.00 bits per heavy atom. The molecule has 0 bridgehead atoms. The Morgan fingerprint density at radius 2 is 1.55 bits per heavy atom. The SMILES string of the molecule is CC(=O)c1ccc(NC(=O)c2[nH]c(C)c(C(C)=O)c2C)cc1. The standard InChI is InChI=1S/C17H18N2O3/c1-9-15(12(4)21)10(2)18-16(9)17(22)19-14-7-5-13(6-8-14)11(3)20/h5-8,18H,1-4H3,(H,19,22). The molecule has 22 heavy (non-hydrogen) atoms. The lowest BCUT2D eigenvalue weighted by Gasteiger charge is -2.05. The first kappa shape index (κ1) is 15.7. The van der Waals surface area contributed by atoms with Crippen molar-refractivity contribution < 1.29 is 14.4 Å². The molecule has 0 saturated heterocycles. The summed E-state index contributed by atoms with van der Waals surface area (Å²) in [5.41, 5.74) is 3.43. The number of H-pyrrole nitrogens is 1. The Bertz CT molecular complexity index is 755. The molecule has 5 heteroatoms. The Kier molecular flexibility index (Phi) is 4.26. The third-order valence-corrected chi connectivity index (χ3v) is 3.57. The number of amides is 1. The average Bonchev–Trinajstić information content (AvgIpc) is 2.74. The number of aryl methyl sites for hydroxylation is 1. The lowest BCUT2D eigenvalue weighted by molar-refractivity contribution is 0.100. The van der Waals surface area contributed by atoms with Gasteiger partial charge in [-0.1, -0.05) is 0 Å². The van der Waals surface area contributed by atoms with Crippen LogP contribution in [-0.2, 0) is 0 Å². The molecule has 1 heterocycles. The second-order valence-corrected chi connectivity index (χ2v) is 5.27. The quantitative estimate of drug-likeness (QED) is 0.850. The van der Waals surface area contributed by atoms with Crippen molar-refractivity contribution in [3.05, 3.63) is 52.3 Å². The molecule has 0 aliphatic heterocycles. The van der Waals surface area contributed by atoms with E-state index in [-0.39, 0.29) is 17.5 Å². The number of carbonyl (C=O) groups is 3. The van der Waals surface area contributed by atoms with Crippen molar-refractivity contribution in [3.63, 3.8) is 0 Å². The number of aromatic nitrogens is 1. The molecule has 2 aromatic rings. The smallest absolute Gasteiger partial charge is 0.272 e. The van der Waals surface area contributed by atoms with E-state index >= 15 is 0 Å². The zero-order valence-electron chi connectivity index (χ0n) is 13.0. The largest absolute Gasteiger partial charge is 0.354 e. The van der Waals surface area contributed by atoms with E-state index in [0.29, 0.717) is 33.8 Å². The first-order chi connectivity index (χ1) is 10.3. The average molecular weight is 298 g/mol. The van der Waals surface area contributed by atoms with Gasteiger partial charge >= 0.3 is 0 Å². The van der Waals surface area contributed by atoms with Gasteiger partial charge in [-0.2, -0.15) is 0 Å². The third-order valence-electron chi connectivity index (χ3n) is 3.57. The molecule has 2 N–H and O–H groups in total. The van der Waals surface area contributed by atoms with Crippen LogP contribution in [0.2, 0.25) is 0 Å². The molecule has 0 atom stereocenters. The normalized spacial score (nSPS) is 10.4. The molecule has 2 rings (SSSR count). The molecule has 1 aromatic heterocycles. The van der Waals surface area contributed by atoms with Crippen molar-refractivity contribution in [3.8, 4) is 0 Å². The zero-order chi connectivity index (χ0) is 16.4. The van der Waals surface area contributed by atoms with Crippen molar-refractivity contribution in [1.29, 1.82) is 0 Å². The maximum absolute atomic E-state index is 12.3. The number of hydrogen-bond donors (Lipinski definition) is 2. The topological polar surface area (TPSA) is 79.0 Å². The van der Waals surface area contributed by atoms with E-state index < -0.39 is 0 Å². The summed E-state index contributed by atoms with van der Waals surface area (Å²) >= 11 is 0. The molecular formula is C17H18N2O3. The van der Waals surface area contributed by atoms with E-state index in [1.165, 1.54) is 13.8 Å². The second kappa shape index (κ2) is 5.97. The maximum atomic E-state index is 12.3. The minimum atomic E-state index is -0.316. The van der Waals surface area contributed by atoms with Crippen LogP contribution in [0.3, 0.4) is 0 Å². The van der Waals surface area contributed by atoms with Crippen molar-refractivity contribution in [2.24, 2.45) is 0 Å². The van der Waals surface area contributed by atoms with Crippen LogP contribution in [0.5, 0.6) is 0 Å². The fourth-order valence-corrected chi connectivity index (χ4v) is 2.49. The molecule has 0 spiro atoms. The van der Waals surface area contributed by atoms with Crippen LogP contribution >= 0.6 is 0 Å². The van der Waals surface area contributed by atoms with E-state index in [1.54, 1.807) is 38.1 Å². The van der Waals surface area contributed by atoms with Gasteiger partial charge in [-0.25, -0.2) is 0 Å². The van der Waals surface area contributed by atoms with Gasteiger partial charge < -0.3 is 10.3 Å². The summed E-state index contributed by atoms with van der Waals surface area (Å²) in [6.45, 7) is 6.48. The number of ketones is 2. The number of Topliss-reactive ketones (excluding diaryl/α,β-unsaturated/α-hetero) is 2. The number of anilines is 1. The third kappa shape index (κ3) is 2.98. The second-order valence-electron chi connectivity index (χ2n) is 5.27. The van der Waals surface area contributed by atoms with Gasteiger partial charge in [0.25, 0.3) is 5.91 Å². The summed E-state index contributed by atoms with van der Waals surface area (Å²) < 4.78 is 0. The Hall–Kier alpha value is -2.69. The molecule has 114 valence electrons. The fraction of sp³-hybridized carbons (Fsp3) is 0.235. The van der Waals surface area contributed by atoms with Gasteiger partial charge in [0, 0.05) is 22.5 Å². The van der Waals surface area contributed by atoms with Crippen LogP contribution in [0.4, 0.5) is 5.69 Å². The number of benzene rings is 1. The number of rotatable bonds is 4. The van der Waals surface area contributed by atoms with Crippen LogP contribution in [-0.4, -0.2) is 22.5 Å². The molecule has 0 fully saturated rings. The molecule has 1 aromatic carbocycles. The van der Waals surface area contributed by atoms with Gasteiger partial charge in [0.2, 0.25) is 0 Å². The van der Waals surface area contributed by atoms with E-state index in [4.69, 9.17) is 0 Å². The molecule has 0 saturated carbocycles. The zero-order valence-corrected chi connectivity index (χ0v) is 13.0. The first-order valence-electron chi connectivity index (χ1n) is 6.93. The summed E-state index contributed by atoms with van der Waals surface area (Å²) in [7, 11) is 0. The highest BCUT2D eigenvalue weighted by Gasteiger charge is 2.19. The number of aromatic amines is 1. The van der Waals surface area contributed by atoms with Gasteiger partial charge in [0.1, 0.15) is 5.69 Å². The highest BCUT2D eigenvalue weighted by molar-refractivity contribution is 6.07. The Morgan fingerprint density at radius 1 is 0.955 bits per heavy atom. The van der Waals surface area contributed by atoms with Crippen LogP contribution in [0.15, 0.2) is 24.3 Å². The Balaban J connectivity index is 2.24. The molecule has 0 radical (unpaired) electrons. The number of carbonyl (C=O) groups excluding carboxylic acids is 3. The highest BCUT2D eigenvalue weighted by Crippen LogP contribution is 2.20. The van der Waals surface area contributed by atoms with Gasteiger partial charge in [-0.05, 0) is 57.5 Å². The monoisotopic (exact) mass is 298 g/mol. The summed E-state index contributed by atoms with van der Waals surface area (Å²) in [5, 5.41) is 2.75. The van der Waals surface area contributed by atoms with E-state index in [1.807, 2.05) is 0 Å². The summed E-state index contributed by atoms with van der Waals surface area (Å²) in [6, 6.07) is 6.66. The number of hydrogen-bond acceptors (Lipinski definition) is 3. The van der Waals surface area contributed by atoms with Crippen LogP contribution in [0.25, 0.3) is 0 Å². The predicted octanol–water partition coefficient (Wildman–Crippen LogP) is 3.29. The van der Waals surface area contributed by atoms with Crippen molar-refractivity contribution in [1.82, 2.24) is 4.98 Å². The lowest BCUT2D eigenvalue weighted by atomic mass is 10.1. The van der Waals surface area contributed by atoms with Crippen molar-refractivity contribution >= 4 is 23.2 Å². The van der Waals surface area contributed by atoms with Crippen LogP contribution < -0.4 is 5.32 Å². The lowest BCUT2D eigenvalue weighted by Crippen LogP contribution is -2.14. The van der Waals surface area contributed by atoms with E-state index in [2.05, 4.69) is 10.3 Å². The van der Waals surface area contributed by atoms with E-state index in [0.717, 1.165) is 0 Å².